The molecule has 0 aromatic carbocycles. The Kier molecular flexibility index (Phi) is 5.36. The number of carbonyl (C=O) groups excluding carboxylic acids is 1. The predicted octanol–water partition coefficient (Wildman–Crippen LogP) is 2.67. The Morgan fingerprint density at radius 1 is 1.16 bits per heavy atom. The summed E-state index contributed by atoms with van der Waals surface area (Å²) in [4.78, 5) is 27.4. The van der Waals surface area contributed by atoms with Crippen molar-refractivity contribution in [1.29, 1.82) is 0 Å². The molecule has 6 rings (SSSR count). The first-order valence-electron chi connectivity index (χ1n) is 12.1. The van der Waals surface area contributed by atoms with Gasteiger partial charge in [-0.3, -0.25) is 9.58 Å². The summed E-state index contributed by atoms with van der Waals surface area (Å²) in [5.41, 5.74) is 1.33. The Bertz CT molecular complexity index is 1620. The summed E-state index contributed by atoms with van der Waals surface area (Å²) in [7, 11) is -3.47. The number of pyridine rings is 1. The van der Waals surface area contributed by atoms with Crippen LogP contribution in [0.3, 0.4) is 0 Å². The van der Waals surface area contributed by atoms with Crippen molar-refractivity contribution in [2.24, 2.45) is 0 Å². The highest BCUT2D eigenvalue weighted by atomic mass is 32.2. The molecule has 1 atom stereocenters. The van der Waals surface area contributed by atoms with Crippen molar-refractivity contribution in [2.75, 3.05) is 16.8 Å². The van der Waals surface area contributed by atoms with Crippen molar-refractivity contribution in [2.45, 2.75) is 50.9 Å². The molecule has 2 aliphatic rings. The van der Waals surface area contributed by atoms with E-state index in [9.17, 15) is 13.2 Å². The number of urea groups is 1. The summed E-state index contributed by atoms with van der Waals surface area (Å²) in [6.45, 7) is 6.53. The summed E-state index contributed by atoms with van der Waals surface area (Å²) in [6.07, 6.45) is 7.48. The van der Waals surface area contributed by atoms with Crippen LogP contribution in [0.5, 0.6) is 0 Å². The van der Waals surface area contributed by atoms with Crippen LogP contribution in [-0.2, 0) is 10.0 Å². The molecule has 0 bridgehead atoms. The highest BCUT2D eigenvalue weighted by Gasteiger charge is 2.37. The zero-order chi connectivity index (χ0) is 25.9. The van der Waals surface area contributed by atoms with E-state index in [1.807, 2.05) is 31.5 Å². The van der Waals surface area contributed by atoms with Gasteiger partial charge in [0.05, 0.1) is 34.1 Å². The first-order valence-corrected chi connectivity index (χ1v) is 13.6. The van der Waals surface area contributed by atoms with Gasteiger partial charge in [-0.1, -0.05) is 0 Å². The van der Waals surface area contributed by atoms with Crippen molar-refractivity contribution >= 4 is 44.4 Å². The predicted molar refractivity (Wildman–Crippen MR) is 137 cm³/mol. The minimum absolute atomic E-state index is 0.0357. The summed E-state index contributed by atoms with van der Waals surface area (Å²) in [5.74, 6) is 1.94. The summed E-state index contributed by atoms with van der Waals surface area (Å²) in [6, 6.07) is 3.48. The number of anilines is 3. The van der Waals surface area contributed by atoms with Gasteiger partial charge in [0.2, 0.25) is 0 Å². The smallest absolute Gasteiger partial charge is 0.323 e. The molecule has 4 aromatic heterocycles. The third kappa shape index (κ3) is 4.16. The number of nitrogens with zero attached hydrogens (tertiary/aromatic N) is 8. The molecule has 14 heteroatoms. The summed E-state index contributed by atoms with van der Waals surface area (Å²) < 4.78 is 27.8. The van der Waals surface area contributed by atoms with E-state index in [0.29, 0.717) is 48.2 Å². The fourth-order valence-corrected chi connectivity index (χ4v) is 5.80. The standard InChI is InChI=1S/C23H26N10O3S/c1-13(2)33-18-8-20(25-10-17(18)22(30-33)31-11-14(3)27-23(31)34)28-19-6-7-24-21(29-19)15-9-26-32(12-15)37(35,36)16-4-5-16/h6-10,12-14,16H,4-5,11H2,1-3H3,(H,27,34)(H,24,25,28,29). The van der Waals surface area contributed by atoms with E-state index in [2.05, 4.69) is 30.7 Å². The van der Waals surface area contributed by atoms with Crippen LogP contribution >= 0.6 is 0 Å². The van der Waals surface area contributed by atoms with E-state index in [1.54, 1.807) is 23.4 Å². The first kappa shape index (κ1) is 23.3. The van der Waals surface area contributed by atoms with E-state index in [1.165, 1.54) is 12.4 Å². The largest absolute Gasteiger partial charge is 0.333 e. The molecule has 1 saturated heterocycles. The molecule has 2 fully saturated rings. The van der Waals surface area contributed by atoms with Crippen molar-refractivity contribution in [3.63, 3.8) is 0 Å². The zero-order valence-corrected chi connectivity index (χ0v) is 21.3. The zero-order valence-electron chi connectivity index (χ0n) is 20.5. The molecule has 192 valence electrons. The third-order valence-corrected chi connectivity index (χ3v) is 8.36. The lowest BCUT2D eigenvalue weighted by Crippen LogP contribution is -2.28. The van der Waals surface area contributed by atoms with E-state index in [0.717, 1.165) is 15.0 Å². The van der Waals surface area contributed by atoms with Crippen LogP contribution < -0.4 is 15.5 Å². The monoisotopic (exact) mass is 522 g/mol. The maximum Gasteiger partial charge on any atom is 0.323 e. The number of fused-ring (bicyclic) bond motifs is 1. The molecular formula is C23H26N10O3S. The fraction of sp³-hybridized carbons (Fsp3) is 0.391. The molecule has 0 spiro atoms. The third-order valence-electron chi connectivity index (χ3n) is 6.32. The molecule has 2 N–H and O–H groups in total. The quantitative estimate of drug-likeness (QED) is 0.373. The van der Waals surface area contributed by atoms with Gasteiger partial charge >= 0.3 is 6.03 Å². The second-order valence-corrected chi connectivity index (χ2v) is 11.7. The normalized spacial score (nSPS) is 18.1. The second-order valence-electron chi connectivity index (χ2n) is 9.65. The van der Waals surface area contributed by atoms with Gasteiger partial charge in [0.25, 0.3) is 10.0 Å². The van der Waals surface area contributed by atoms with Gasteiger partial charge in [-0.2, -0.15) is 14.3 Å². The van der Waals surface area contributed by atoms with Crippen LogP contribution in [0.1, 0.15) is 39.7 Å². The topological polar surface area (TPSA) is 153 Å². The summed E-state index contributed by atoms with van der Waals surface area (Å²) in [5, 5.41) is 15.2. The maximum absolute atomic E-state index is 12.5. The van der Waals surface area contributed by atoms with Crippen molar-refractivity contribution in [1.82, 2.24) is 39.2 Å². The van der Waals surface area contributed by atoms with Crippen molar-refractivity contribution in [3.8, 4) is 11.4 Å². The van der Waals surface area contributed by atoms with E-state index >= 15 is 0 Å². The van der Waals surface area contributed by atoms with E-state index in [-0.39, 0.29) is 23.4 Å². The molecule has 13 nitrogen and oxygen atoms in total. The first-order chi connectivity index (χ1) is 17.7. The van der Waals surface area contributed by atoms with Crippen LogP contribution in [-0.4, -0.2) is 66.2 Å². The van der Waals surface area contributed by atoms with Crippen LogP contribution in [0.2, 0.25) is 0 Å². The molecule has 1 saturated carbocycles. The molecule has 2 amide bonds. The highest BCUT2D eigenvalue weighted by Crippen LogP contribution is 2.32. The molecular weight excluding hydrogens is 496 g/mol. The Morgan fingerprint density at radius 3 is 2.68 bits per heavy atom. The molecule has 1 aliphatic heterocycles. The SMILES string of the molecule is CC1CN(c2nn(C(C)C)c3cc(Nc4ccnc(-c5cnn(S(=O)(=O)C6CC6)c5)n4)ncc23)C(=O)N1. The number of rotatable bonds is 7. The van der Waals surface area contributed by atoms with Gasteiger partial charge in [-0.25, -0.2) is 28.2 Å². The second kappa shape index (κ2) is 8.50. The van der Waals surface area contributed by atoms with Gasteiger partial charge in [0, 0.05) is 37.1 Å². The molecule has 37 heavy (non-hydrogen) atoms. The van der Waals surface area contributed by atoms with Gasteiger partial charge in [-0.15, -0.1) is 0 Å². The molecule has 0 radical (unpaired) electrons. The van der Waals surface area contributed by atoms with Crippen LogP contribution in [0, 0.1) is 0 Å². The number of nitrogens with one attached hydrogen (secondary N) is 2. The number of amides is 2. The number of hydrogen-bond acceptors (Lipinski definition) is 9. The number of carbonyl (C=O) groups is 1. The van der Waals surface area contributed by atoms with E-state index < -0.39 is 10.0 Å². The van der Waals surface area contributed by atoms with Gasteiger partial charge in [0.15, 0.2) is 11.6 Å². The lowest BCUT2D eigenvalue weighted by molar-refractivity contribution is 0.251. The average Bonchev–Trinajstić information content (AvgIpc) is 3.34. The maximum atomic E-state index is 12.5. The Morgan fingerprint density at radius 2 is 1.97 bits per heavy atom. The van der Waals surface area contributed by atoms with Crippen molar-refractivity contribution in [3.05, 3.63) is 36.9 Å². The van der Waals surface area contributed by atoms with Gasteiger partial charge in [-0.05, 0) is 39.7 Å². The lowest BCUT2D eigenvalue weighted by atomic mass is 10.2. The average molecular weight is 523 g/mol. The Hall–Kier alpha value is -4.07. The minimum atomic E-state index is -3.47. The van der Waals surface area contributed by atoms with E-state index in [4.69, 9.17) is 5.10 Å². The van der Waals surface area contributed by atoms with Crippen LogP contribution in [0.25, 0.3) is 22.3 Å². The fourth-order valence-electron chi connectivity index (χ4n) is 4.33. The minimum Gasteiger partial charge on any atom is -0.333 e. The summed E-state index contributed by atoms with van der Waals surface area (Å²) >= 11 is 0. The molecule has 5 heterocycles. The number of hydrogen-bond donors (Lipinski definition) is 2. The Balaban J connectivity index is 1.30. The molecule has 4 aromatic rings. The van der Waals surface area contributed by atoms with Gasteiger partial charge in [0.1, 0.15) is 11.6 Å². The number of aromatic nitrogens is 7. The lowest BCUT2D eigenvalue weighted by Gasteiger charge is -2.11. The Labute approximate surface area is 213 Å². The van der Waals surface area contributed by atoms with Gasteiger partial charge < -0.3 is 10.6 Å². The van der Waals surface area contributed by atoms with Crippen LogP contribution in [0.4, 0.5) is 22.2 Å². The molecule has 1 aliphatic carbocycles. The highest BCUT2D eigenvalue weighted by molar-refractivity contribution is 7.90. The molecule has 1 unspecified atom stereocenters. The van der Waals surface area contributed by atoms with Crippen molar-refractivity contribution < 1.29 is 13.2 Å². The van der Waals surface area contributed by atoms with Crippen LogP contribution in [0.15, 0.2) is 36.9 Å².